The first-order valence-electron chi connectivity index (χ1n) is 8.55. The number of anilines is 1. The lowest BCUT2D eigenvalue weighted by molar-refractivity contribution is -0.136. The number of hydrogen-bond donors (Lipinski definition) is 3. The van der Waals surface area contributed by atoms with E-state index in [9.17, 15) is 22.8 Å². The van der Waals surface area contributed by atoms with Gasteiger partial charge in [-0.3, -0.25) is 14.2 Å². The summed E-state index contributed by atoms with van der Waals surface area (Å²) in [7, 11) is 0. The normalized spacial score (nSPS) is 11.6. The van der Waals surface area contributed by atoms with Gasteiger partial charge < -0.3 is 16.0 Å². The molecule has 2 heterocycles. The first-order chi connectivity index (χ1) is 14.3. The molecule has 0 fully saturated rings. The molecule has 8 nitrogen and oxygen atoms in total. The molecule has 0 aliphatic carbocycles. The number of alkyl halides is 3. The van der Waals surface area contributed by atoms with E-state index in [0.29, 0.717) is 11.0 Å². The summed E-state index contributed by atoms with van der Waals surface area (Å²) in [5.41, 5.74) is 4.43. The standard InChI is InChI=1S/C19H13F3N6O2/c20-19(21,22)10-5-1-2-6-11(10)25-17(30)14-15(16(23)29)28(9-24-14)18-26-12-7-3-4-8-13(12)27-18/h1-9H,(H2,23,29)(H,25,30)(H,26,27). The van der Waals surface area contributed by atoms with E-state index in [-0.39, 0.29) is 11.6 Å². The third-order valence-corrected chi connectivity index (χ3v) is 4.30. The molecule has 0 atom stereocenters. The van der Waals surface area contributed by atoms with Gasteiger partial charge in [0.1, 0.15) is 12.0 Å². The number of fused-ring (bicyclic) bond motifs is 1. The Labute approximate surface area is 166 Å². The predicted octanol–water partition coefficient (Wildman–Crippen LogP) is 3.12. The number of hydrogen-bond acceptors (Lipinski definition) is 4. The van der Waals surface area contributed by atoms with E-state index in [1.54, 1.807) is 24.3 Å². The van der Waals surface area contributed by atoms with Gasteiger partial charge in [0.2, 0.25) is 5.95 Å². The summed E-state index contributed by atoms with van der Waals surface area (Å²) in [6.07, 6.45) is -3.54. The largest absolute Gasteiger partial charge is 0.418 e. The summed E-state index contributed by atoms with van der Waals surface area (Å²) < 4.78 is 40.7. The highest BCUT2D eigenvalue weighted by atomic mass is 19.4. The number of imidazole rings is 2. The lowest BCUT2D eigenvalue weighted by Gasteiger charge is -2.13. The molecule has 4 rings (SSSR count). The summed E-state index contributed by atoms with van der Waals surface area (Å²) in [4.78, 5) is 35.8. The van der Waals surface area contributed by atoms with Crippen molar-refractivity contribution in [3.8, 4) is 5.95 Å². The fourth-order valence-electron chi connectivity index (χ4n) is 2.98. The second-order valence-corrected chi connectivity index (χ2v) is 6.25. The monoisotopic (exact) mass is 414 g/mol. The van der Waals surface area contributed by atoms with Gasteiger partial charge in [0.25, 0.3) is 11.8 Å². The molecule has 0 saturated heterocycles. The van der Waals surface area contributed by atoms with Gasteiger partial charge in [0.05, 0.1) is 22.3 Å². The highest BCUT2D eigenvalue weighted by Gasteiger charge is 2.34. The first kappa shape index (κ1) is 19.2. The first-order valence-corrected chi connectivity index (χ1v) is 8.55. The highest BCUT2D eigenvalue weighted by molar-refractivity contribution is 6.10. The number of nitrogens with one attached hydrogen (secondary N) is 2. The van der Waals surface area contributed by atoms with Crippen LogP contribution in [-0.2, 0) is 6.18 Å². The molecule has 0 radical (unpaired) electrons. The van der Waals surface area contributed by atoms with E-state index in [0.717, 1.165) is 18.5 Å². The third kappa shape index (κ3) is 3.36. The van der Waals surface area contributed by atoms with Gasteiger partial charge >= 0.3 is 6.18 Å². The molecule has 11 heteroatoms. The molecule has 30 heavy (non-hydrogen) atoms. The smallest absolute Gasteiger partial charge is 0.364 e. The highest BCUT2D eigenvalue weighted by Crippen LogP contribution is 2.34. The number of aromatic amines is 1. The fourth-order valence-corrected chi connectivity index (χ4v) is 2.98. The summed E-state index contributed by atoms with van der Waals surface area (Å²) in [6, 6.07) is 11.5. The summed E-state index contributed by atoms with van der Waals surface area (Å²) in [5, 5.41) is 2.15. The van der Waals surface area contributed by atoms with E-state index in [4.69, 9.17) is 5.73 Å². The minimum absolute atomic E-state index is 0.173. The summed E-state index contributed by atoms with van der Waals surface area (Å²) in [5.74, 6) is -1.84. The zero-order valence-corrected chi connectivity index (χ0v) is 15.1. The number of halogens is 3. The van der Waals surface area contributed by atoms with Crippen LogP contribution in [-0.4, -0.2) is 31.3 Å². The van der Waals surface area contributed by atoms with E-state index >= 15 is 0 Å². The number of H-pyrrole nitrogens is 1. The molecule has 4 N–H and O–H groups in total. The molecule has 0 spiro atoms. The van der Waals surface area contributed by atoms with E-state index in [1.807, 2.05) is 0 Å². The Bertz CT molecular complexity index is 1240. The summed E-state index contributed by atoms with van der Waals surface area (Å²) in [6.45, 7) is 0. The van der Waals surface area contributed by atoms with Crippen LogP contribution in [0.15, 0.2) is 54.9 Å². The molecular formula is C19H13F3N6O2. The zero-order chi connectivity index (χ0) is 21.5. The molecule has 2 aromatic carbocycles. The second-order valence-electron chi connectivity index (χ2n) is 6.25. The molecule has 0 saturated carbocycles. The number of nitrogens with zero attached hydrogens (tertiary/aromatic N) is 3. The number of nitrogens with two attached hydrogens (primary N) is 1. The Morgan fingerprint density at radius 1 is 1.07 bits per heavy atom. The number of carbonyl (C=O) groups is 2. The lowest BCUT2D eigenvalue weighted by Crippen LogP contribution is -2.24. The second kappa shape index (κ2) is 7.03. The molecular weight excluding hydrogens is 401 g/mol. The van der Waals surface area contributed by atoms with Crippen molar-refractivity contribution >= 4 is 28.5 Å². The predicted molar refractivity (Wildman–Crippen MR) is 101 cm³/mol. The average molecular weight is 414 g/mol. The van der Waals surface area contributed by atoms with Gasteiger partial charge in [-0.2, -0.15) is 13.2 Å². The van der Waals surface area contributed by atoms with Crippen molar-refractivity contribution in [2.75, 3.05) is 5.32 Å². The number of para-hydroxylation sites is 3. The van der Waals surface area contributed by atoms with Crippen LogP contribution in [0.25, 0.3) is 17.0 Å². The lowest BCUT2D eigenvalue weighted by atomic mass is 10.1. The molecule has 4 aromatic rings. The van der Waals surface area contributed by atoms with Gasteiger partial charge in [-0.25, -0.2) is 9.97 Å². The third-order valence-electron chi connectivity index (χ3n) is 4.30. The number of primary amides is 1. The van der Waals surface area contributed by atoms with Crippen LogP contribution < -0.4 is 11.1 Å². The number of rotatable bonds is 4. The van der Waals surface area contributed by atoms with Crippen LogP contribution >= 0.6 is 0 Å². The minimum atomic E-state index is -4.68. The van der Waals surface area contributed by atoms with Gasteiger partial charge in [0.15, 0.2) is 5.69 Å². The van der Waals surface area contributed by atoms with Crippen molar-refractivity contribution in [3.05, 3.63) is 71.8 Å². The van der Waals surface area contributed by atoms with Crippen LogP contribution in [0.5, 0.6) is 0 Å². The van der Waals surface area contributed by atoms with Crippen LogP contribution in [0.2, 0.25) is 0 Å². The van der Waals surface area contributed by atoms with Gasteiger partial charge in [-0.1, -0.05) is 24.3 Å². The topological polar surface area (TPSA) is 119 Å². The van der Waals surface area contributed by atoms with Crippen LogP contribution in [0.1, 0.15) is 26.5 Å². The van der Waals surface area contributed by atoms with Crippen molar-refractivity contribution in [1.29, 1.82) is 0 Å². The van der Waals surface area contributed by atoms with Crippen LogP contribution in [0, 0.1) is 0 Å². The molecule has 0 bridgehead atoms. The Hall–Kier alpha value is -4.15. The maximum absolute atomic E-state index is 13.2. The maximum atomic E-state index is 13.2. The number of amides is 2. The Balaban J connectivity index is 1.74. The quantitative estimate of drug-likeness (QED) is 0.475. The van der Waals surface area contributed by atoms with Crippen LogP contribution in [0.3, 0.4) is 0 Å². The minimum Gasteiger partial charge on any atom is -0.364 e. The molecule has 152 valence electrons. The molecule has 2 aromatic heterocycles. The molecule has 2 amide bonds. The Morgan fingerprint density at radius 3 is 2.47 bits per heavy atom. The van der Waals surface area contributed by atoms with Crippen molar-refractivity contribution in [3.63, 3.8) is 0 Å². The van der Waals surface area contributed by atoms with Crippen LogP contribution in [0.4, 0.5) is 18.9 Å². The number of aromatic nitrogens is 4. The van der Waals surface area contributed by atoms with Crippen molar-refractivity contribution < 1.29 is 22.8 Å². The Kier molecular flexibility index (Phi) is 4.49. The number of carbonyl (C=O) groups excluding carboxylic acids is 2. The van der Waals surface area contributed by atoms with Crippen molar-refractivity contribution in [1.82, 2.24) is 19.5 Å². The van der Waals surface area contributed by atoms with Crippen molar-refractivity contribution in [2.24, 2.45) is 5.73 Å². The van der Waals surface area contributed by atoms with Gasteiger partial charge in [0, 0.05) is 0 Å². The van der Waals surface area contributed by atoms with E-state index in [2.05, 4.69) is 20.3 Å². The average Bonchev–Trinajstić information content (AvgIpc) is 3.31. The van der Waals surface area contributed by atoms with E-state index in [1.165, 1.54) is 16.7 Å². The Morgan fingerprint density at radius 2 is 1.77 bits per heavy atom. The fraction of sp³-hybridized carbons (Fsp3) is 0.0526. The molecule has 0 aliphatic heterocycles. The SMILES string of the molecule is NC(=O)c1c(C(=O)Nc2ccccc2C(F)(F)F)ncn1-c1nc2ccccc2[nH]1. The summed E-state index contributed by atoms with van der Waals surface area (Å²) >= 11 is 0. The number of benzene rings is 2. The molecule has 0 unspecified atom stereocenters. The zero-order valence-electron chi connectivity index (χ0n) is 15.1. The van der Waals surface area contributed by atoms with Crippen molar-refractivity contribution in [2.45, 2.75) is 6.18 Å². The van der Waals surface area contributed by atoms with E-state index < -0.39 is 34.9 Å². The van der Waals surface area contributed by atoms with Gasteiger partial charge in [-0.15, -0.1) is 0 Å². The van der Waals surface area contributed by atoms with Gasteiger partial charge in [-0.05, 0) is 24.3 Å². The molecule has 0 aliphatic rings. The maximum Gasteiger partial charge on any atom is 0.418 e.